The van der Waals surface area contributed by atoms with Crippen molar-refractivity contribution < 1.29 is 26.7 Å². The van der Waals surface area contributed by atoms with E-state index in [1.807, 2.05) is 0 Å². The Morgan fingerprint density at radius 1 is 1.08 bits per heavy atom. The van der Waals surface area contributed by atoms with E-state index in [0.29, 0.717) is 11.3 Å². The summed E-state index contributed by atoms with van der Waals surface area (Å²) in [7, 11) is 0. The van der Waals surface area contributed by atoms with Gasteiger partial charge in [0.1, 0.15) is 18.1 Å². The first-order valence-electron chi connectivity index (χ1n) is 7.42. The molecule has 1 unspecified atom stereocenters. The molecule has 0 spiro atoms. The van der Waals surface area contributed by atoms with E-state index in [4.69, 9.17) is 9.15 Å². The molecule has 0 aromatic carbocycles. The van der Waals surface area contributed by atoms with Gasteiger partial charge in [-0.25, -0.2) is 9.37 Å². The van der Waals surface area contributed by atoms with E-state index in [-0.39, 0.29) is 24.1 Å². The summed E-state index contributed by atoms with van der Waals surface area (Å²) in [6.45, 7) is 1.32. The van der Waals surface area contributed by atoms with Crippen LogP contribution < -0.4 is 4.74 Å². The third-order valence-corrected chi connectivity index (χ3v) is 3.27. The van der Waals surface area contributed by atoms with Crippen molar-refractivity contribution in [2.45, 2.75) is 25.9 Å². The van der Waals surface area contributed by atoms with Crippen molar-refractivity contribution in [3.8, 4) is 17.2 Å². The van der Waals surface area contributed by atoms with Crippen LogP contribution >= 0.6 is 0 Å². The van der Waals surface area contributed by atoms with E-state index in [1.54, 1.807) is 12.1 Å². The van der Waals surface area contributed by atoms with E-state index in [2.05, 4.69) is 20.2 Å². The van der Waals surface area contributed by atoms with Crippen LogP contribution in [0, 0.1) is 0 Å². The zero-order valence-corrected chi connectivity index (χ0v) is 13.4. The molecule has 0 aliphatic rings. The summed E-state index contributed by atoms with van der Waals surface area (Å²) >= 11 is 0. The van der Waals surface area contributed by atoms with Gasteiger partial charge in [0.25, 0.3) is 5.89 Å². The lowest BCUT2D eigenvalue weighted by molar-refractivity contribution is -0.141. The molecule has 0 aliphatic heterocycles. The minimum atomic E-state index is -4.50. The number of hydrogen-bond donors (Lipinski definition) is 0. The predicted octanol–water partition coefficient (Wildman–Crippen LogP) is 4.15. The molecule has 10 heteroatoms. The second-order valence-electron chi connectivity index (χ2n) is 5.27. The molecular formula is C16H12F4N4O2. The number of rotatable bonds is 5. The van der Waals surface area contributed by atoms with Crippen molar-refractivity contribution in [1.82, 2.24) is 20.2 Å². The number of alkyl halides is 4. The molecule has 0 fully saturated rings. The Labute approximate surface area is 144 Å². The summed E-state index contributed by atoms with van der Waals surface area (Å²) in [5.41, 5.74) is 0.0328. The Hall–Kier alpha value is -3.04. The quantitative estimate of drug-likeness (QED) is 0.630. The number of halogens is 4. The van der Waals surface area contributed by atoms with Crippen LogP contribution in [0.25, 0.3) is 11.5 Å². The van der Waals surface area contributed by atoms with Crippen molar-refractivity contribution in [2.75, 3.05) is 0 Å². The highest BCUT2D eigenvalue weighted by molar-refractivity contribution is 5.50. The summed E-state index contributed by atoms with van der Waals surface area (Å²) in [6, 6.07) is 5.28. The Balaban J connectivity index is 1.62. The van der Waals surface area contributed by atoms with Gasteiger partial charge in [-0.1, -0.05) is 0 Å². The maximum absolute atomic E-state index is 13.1. The fourth-order valence-corrected chi connectivity index (χ4v) is 1.94. The van der Waals surface area contributed by atoms with Gasteiger partial charge in [-0.2, -0.15) is 13.2 Å². The first kappa shape index (κ1) is 17.8. The molecule has 0 saturated carbocycles. The molecule has 1 atom stereocenters. The van der Waals surface area contributed by atoms with Crippen LogP contribution in [0.1, 0.15) is 30.4 Å². The van der Waals surface area contributed by atoms with Gasteiger partial charge in [0.05, 0.1) is 17.5 Å². The van der Waals surface area contributed by atoms with E-state index in [0.717, 1.165) is 12.3 Å². The van der Waals surface area contributed by atoms with Gasteiger partial charge in [0.2, 0.25) is 5.89 Å². The highest BCUT2D eigenvalue weighted by Crippen LogP contribution is 2.28. The summed E-state index contributed by atoms with van der Waals surface area (Å²) in [5, 5.41) is 7.31. The lowest BCUT2D eigenvalue weighted by atomic mass is 10.2. The standard InChI is InChI=1S/C16H12F4N4O2/c1-9(17)14-23-24-15(26-14)10-2-3-11(21-6-10)8-25-12-4-5-13(22-7-12)16(18,19)20/h2-7,9H,8H2,1H3. The first-order valence-corrected chi connectivity index (χ1v) is 7.42. The zero-order chi connectivity index (χ0) is 18.7. The van der Waals surface area contributed by atoms with Crippen LogP contribution in [0.5, 0.6) is 5.75 Å². The largest absolute Gasteiger partial charge is 0.486 e. The fourth-order valence-electron chi connectivity index (χ4n) is 1.94. The van der Waals surface area contributed by atoms with Crippen molar-refractivity contribution in [3.63, 3.8) is 0 Å². The monoisotopic (exact) mass is 368 g/mol. The van der Waals surface area contributed by atoms with Crippen LogP contribution in [-0.4, -0.2) is 20.2 Å². The van der Waals surface area contributed by atoms with E-state index >= 15 is 0 Å². The lowest BCUT2D eigenvalue weighted by Crippen LogP contribution is -2.07. The normalized spacial score (nSPS) is 12.8. The van der Waals surface area contributed by atoms with Gasteiger partial charge in [-0.3, -0.25) is 4.98 Å². The molecule has 3 heterocycles. The Kier molecular flexibility index (Phi) is 4.83. The smallest absolute Gasteiger partial charge is 0.433 e. The molecule has 0 N–H and O–H groups in total. The van der Waals surface area contributed by atoms with Crippen molar-refractivity contribution in [1.29, 1.82) is 0 Å². The molecule has 3 aromatic heterocycles. The van der Waals surface area contributed by atoms with Crippen LogP contribution in [0.2, 0.25) is 0 Å². The molecule has 26 heavy (non-hydrogen) atoms. The molecule has 0 saturated heterocycles. The second kappa shape index (κ2) is 7.06. The van der Waals surface area contributed by atoms with Crippen LogP contribution in [0.3, 0.4) is 0 Å². The highest BCUT2D eigenvalue weighted by Gasteiger charge is 2.32. The first-order chi connectivity index (χ1) is 12.3. The summed E-state index contributed by atoms with van der Waals surface area (Å²) in [5.74, 6) is 0.195. The molecule has 0 radical (unpaired) electrons. The van der Waals surface area contributed by atoms with E-state index in [1.165, 1.54) is 19.2 Å². The maximum Gasteiger partial charge on any atom is 0.433 e. The van der Waals surface area contributed by atoms with Gasteiger partial charge in [0.15, 0.2) is 6.17 Å². The fraction of sp³-hybridized carbons (Fsp3) is 0.250. The number of ether oxygens (including phenoxy) is 1. The maximum atomic E-state index is 13.1. The molecule has 3 rings (SSSR count). The van der Waals surface area contributed by atoms with Crippen molar-refractivity contribution in [2.24, 2.45) is 0 Å². The van der Waals surface area contributed by atoms with Gasteiger partial charge in [0, 0.05) is 6.20 Å². The number of nitrogens with zero attached hydrogens (tertiary/aromatic N) is 4. The summed E-state index contributed by atoms with van der Waals surface area (Å²) in [6.07, 6.45) is -3.42. The zero-order valence-electron chi connectivity index (χ0n) is 13.4. The number of aromatic nitrogens is 4. The topological polar surface area (TPSA) is 73.9 Å². The van der Waals surface area contributed by atoms with Gasteiger partial charge in [-0.15, -0.1) is 10.2 Å². The molecule has 6 nitrogen and oxygen atoms in total. The van der Waals surface area contributed by atoms with E-state index < -0.39 is 18.0 Å². The predicted molar refractivity (Wildman–Crippen MR) is 80.6 cm³/mol. The van der Waals surface area contributed by atoms with Gasteiger partial charge < -0.3 is 9.15 Å². The third kappa shape index (κ3) is 4.13. The number of pyridine rings is 2. The summed E-state index contributed by atoms with van der Waals surface area (Å²) in [4.78, 5) is 7.44. The summed E-state index contributed by atoms with van der Waals surface area (Å²) < 4.78 is 60.9. The minimum absolute atomic E-state index is 0.0317. The van der Waals surface area contributed by atoms with E-state index in [9.17, 15) is 17.6 Å². The molecule has 3 aromatic rings. The van der Waals surface area contributed by atoms with Crippen molar-refractivity contribution >= 4 is 0 Å². The SMILES string of the molecule is CC(F)c1nnc(-c2ccc(COc3ccc(C(F)(F)F)nc3)nc2)o1. The molecule has 0 bridgehead atoms. The third-order valence-electron chi connectivity index (χ3n) is 3.27. The lowest BCUT2D eigenvalue weighted by Gasteiger charge is -2.08. The van der Waals surface area contributed by atoms with Gasteiger partial charge >= 0.3 is 6.18 Å². The van der Waals surface area contributed by atoms with Crippen molar-refractivity contribution in [3.05, 3.63) is 53.9 Å². The Bertz CT molecular complexity index is 861. The molecule has 136 valence electrons. The Morgan fingerprint density at radius 2 is 1.88 bits per heavy atom. The molecule has 0 aliphatic carbocycles. The Morgan fingerprint density at radius 3 is 2.42 bits per heavy atom. The van der Waals surface area contributed by atoms with Crippen LogP contribution in [0.4, 0.5) is 17.6 Å². The van der Waals surface area contributed by atoms with Crippen LogP contribution in [0.15, 0.2) is 41.1 Å². The van der Waals surface area contributed by atoms with Crippen LogP contribution in [-0.2, 0) is 12.8 Å². The molecular weight excluding hydrogens is 356 g/mol. The second-order valence-corrected chi connectivity index (χ2v) is 5.27. The van der Waals surface area contributed by atoms with Gasteiger partial charge in [-0.05, 0) is 31.2 Å². The highest BCUT2D eigenvalue weighted by atomic mass is 19.4. The average molecular weight is 368 g/mol. The molecule has 0 amide bonds. The average Bonchev–Trinajstić information content (AvgIpc) is 3.10. The minimum Gasteiger partial charge on any atom is -0.486 e. The number of hydrogen-bond acceptors (Lipinski definition) is 6.